The number of nitrogens with zero attached hydrogens (tertiary/aromatic N) is 2. The van der Waals surface area contributed by atoms with Crippen LogP contribution in [-0.4, -0.2) is 28.3 Å². The third-order valence-electron chi connectivity index (χ3n) is 5.08. The third kappa shape index (κ3) is 4.57. The molecule has 1 N–H and O–H groups in total. The molecule has 0 unspecified atom stereocenters. The first-order valence-electron chi connectivity index (χ1n) is 10.4. The molecule has 0 saturated heterocycles. The summed E-state index contributed by atoms with van der Waals surface area (Å²) in [7, 11) is 0. The number of halogens is 2. The van der Waals surface area contributed by atoms with Crippen LogP contribution in [0.3, 0.4) is 0 Å². The highest BCUT2D eigenvalue weighted by Gasteiger charge is 2.25. The zero-order chi connectivity index (χ0) is 24.4. The number of aryl methyl sites for hydroxylation is 1. The van der Waals surface area contributed by atoms with Crippen LogP contribution in [0.5, 0.6) is 0 Å². The van der Waals surface area contributed by atoms with Gasteiger partial charge in [0.2, 0.25) is 5.43 Å². The van der Waals surface area contributed by atoms with Gasteiger partial charge in [-0.2, -0.15) is 5.10 Å². The maximum absolute atomic E-state index is 13.2. The van der Waals surface area contributed by atoms with E-state index in [2.05, 4.69) is 10.4 Å². The smallest absolute Gasteiger partial charge is 0.341 e. The Bertz CT molecular complexity index is 1460. The van der Waals surface area contributed by atoms with Crippen molar-refractivity contribution in [2.45, 2.75) is 20.4 Å². The predicted octanol–water partition coefficient (Wildman–Crippen LogP) is 5.88. The van der Waals surface area contributed by atoms with Gasteiger partial charge in [0.05, 0.1) is 17.5 Å². The Morgan fingerprint density at radius 3 is 2.47 bits per heavy atom. The summed E-state index contributed by atoms with van der Waals surface area (Å²) in [5.41, 5.74) is 1.24. The van der Waals surface area contributed by atoms with E-state index in [1.54, 1.807) is 53.4 Å². The minimum atomic E-state index is -0.732. The molecule has 174 valence electrons. The lowest BCUT2D eigenvalue weighted by molar-refractivity contribution is 0.0529. The molecule has 1 amide bonds. The van der Waals surface area contributed by atoms with Crippen LogP contribution in [0, 0.1) is 0 Å². The van der Waals surface area contributed by atoms with Gasteiger partial charge in [-0.05, 0) is 49.7 Å². The molecule has 2 aromatic carbocycles. The summed E-state index contributed by atoms with van der Waals surface area (Å²) in [5, 5.41) is 10.1. The highest BCUT2D eigenvalue weighted by Crippen LogP contribution is 2.37. The number of ether oxygens (including phenoxy) is 1. The number of nitrogens with one attached hydrogen (secondary N) is 1. The molecule has 34 heavy (non-hydrogen) atoms. The SMILES string of the molecule is CCOC(=O)c1c(-c2ccc(Cl)cc2)csc1NC(=O)c1nn(CC)c2ccc(Cl)cc2c1=O. The summed E-state index contributed by atoms with van der Waals surface area (Å²) in [6.07, 6.45) is 0. The lowest BCUT2D eigenvalue weighted by Crippen LogP contribution is -2.27. The molecule has 0 aliphatic carbocycles. The molecule has 0 aliphatic heterocycles. The second-order valence-electron chi connectivity index (χ2n) is 7.19. The van der Waals surface area contributed by atoms with Crippen LogP contribution in [0.15, 0.2) is 52.6 Å². The Balaban J connectivity index is 1.78. The van der Waals surface area contributed by atoms with E-state index in [1.807, 2.05) is 6.92 Å². The molecule has 0 saturated carbocycles. The first-order chi connectivity index (χ1) is 16.3. The van der Waals surface area contributed by atoms with Gasteiger partial charge < -0.3 is 10.1 Å². The van der Waals surface area contributed by atoms with E-state index in [0.29, 0.717) is 27.7 Å². The van der Waals surface area contributed by atoms with Crippen LogP contribution in [-0.2, 0) is 11.3 Å². The average molecular weight is 516 g/mol. The minimum Gasteiger partial charge on any atom is -0.462 e. The summed E-state index contributed by atoms with van der Waals surface area (Å²) in [6, 6.07) is 11.8. The summed E-state index contributed by atoms with van der Waals surface area (Å²) in [6.45, 7) is 4.15. The van der Waals surface area contributed by atoms with Crippen molar-refractivity contribution in [1.29, 1.82) is 0 Å². The lowest BCUT2D eigenvalue weighted by Gasteiger charge is -2.11. The van der Waals surface area contributed by atoms with Gasteiger partial charge in [0.1, 0.15) is 10.6 Å². The summed E-state index contributed by atoms with van der Waals surface area (Å²) < 4.78 is 6.78. The fourth-order valence-electron chi connectivity index (χ4n) is 3.51. The summed E-state index contributed by atoms with van der Waals surface area (Å²) >= 11 is 13.2. The van der Waals surface area contributed by atoms with Crippen LogP contribution in [0.1, 0.15) is 34.7 Å². The number of fused-ring (bicyclic) bond motifs is 1. The standard InChI is InChI=1S/C24H19Cl2N3O4S/c1-3-29-18-10-9-15(26)11-16(18)21(30)20(28-29)22(31)27-23-19(24(32)33-4-2)17(12-34-23)13-5-7-14(25)8-6-13/h5-12H,3-4H2,1-2H3,(H,27,31). The molecule has 0 bridgehead atoms. The van der Waals surface area contributed by atoms with Crippen LogP contribution >= 0.6 is 34.5 Å². The number of esters is 1. The number of carbonyl (C=O) groups is 2. The van der Waals surface area contributed by atoms with Crippen LogP contribution in [0.25, 0.3) is 22.0 Å². The van der Waals surface area contributed by atoms with Gasteiger partial charge in [0.25, 0.3) is 5.91 Å². The Hall–Kier alpha value is -3.20. The molecule has 7 nitrogen and oxygen atoms in total. The highest BCUT2D eigenvalue weighted by atomic mass is 35.5. The van der Waals surface area contributed by atoms with Gasteiger partial charge in [-0.25, -0.2) is 4.79 Å². The molecule has 4 aromatic rings. The van der Waals surface area contributed by atoms with Crippen molar-refractivity contribution in [2.24, 2.45) is 0 Å². The molecule has 2 heterocycles. The Kier molecular flexibility index (Phi) is 7.02. The molecule has 0 radical (unpaired) electrons. The van der Waals surface area contributed by atoms with Crippen molar-refractivity contribution in [3.05, 3.63) is 79.4 Å². The van der Waals surface area contributed by atoms with E-state index in [4.69, 9.17) is 27.9 Å². The fourth-order valence-corrected chi connectivity index (χ4v) is 4.76. The zero-order valence-electron chi connectivity index (χ0n) is 18.2. The Morgan fingerprint density at radius 1 is 1.09 bits per heavy atom. The minimum absolute atomic E-state index is 0.163. The second-order valence-corrected chi connectivity index (χ2v) is 8.94. The number of anilines is 1. The second kappa shape index (κ2) is 9.97. The Labute approximate surface area is 208 Å². The quantitative estimate of drug-likeness (QED) is 0.323. The average Bonchev–Trinajstić information content (AvgIpc) is 3.23. The topological polar surface area (TPSA) is 90.3 Å². The number of benzene rings is 2. The highest BCUT2D eigenvalue weighted by molar-refractivity contribution is 7.15. The number of carbonyl (C=O) groups excluding carboxylic acids is 2. The van der Waals surface area contributed by atoms with E-state index in [0.717, 1.165) is 16.9 Å². The maximum Gasteiger partial charge on any atom is 0.341 e. The molecule has 2 aromatic heterocycles. The van der Waals surface area contributed by atoms with Gasteiger partial charge in [0, 0.05) is 27.5 Å². The molecular weight excluding hydrogens is 497 g/mol. The normalized spacial score (nSPS) is 10.9. The first kappa shape index (κ1) is 23.9. The van der Waals surface area contributed by atoms with Gasteiger partial charge in [-0.15, -0.1) is 11.3 Å². The third-order valence-corrected chi connectivity index (χ3v) is 6.47. The van der Waals surface area contributed by atoms with Crippen molar-refractivity contribution >= 4 is 62.3 Å². The number of hydrogen-bond acceptors (Lipinski definition) is 6. The number of thiophene rings is 1. The van der Waals surface area contributed by atoms with E-state index in [1.165, 1.54) is 6.07 Å². The lowest BCUT2D eigenvalue weighted by atomic mass is 10.0. The predicted molar refractivity (Wildman–Crippen MR) is 135 cm³/mol. The summed E-state index contributed by atoms with van der Waals surface area (Å²) in [4.78, 5) is 39.0. The van der Waals surface area contributed by atoms with Crippen molar-refractivity contribution in [2.75, 3.05) is 11.9 Å². The molecule has 0 atom stereocenters. The molecular formula is C24H19Cl2N3O4S. The summed E-state index contributed by atoms with van der Waals surface area (Å²) in [5.74, 6) is -1.32. The molecule has 0 spiro atoms. The number of aromatic nitrogens is 2. The van der Waals surface area contributed by atoms with Gasteiger partial charge in [-0.1, -0.05) is 35.3 Å². The van der Waals surface area contributed by atoms with Gasteiger partial charge >= 0.3 is 5.97 Å². The number of amides is 1. The van der Waals surface area contributed by atoms with Crippen LogP contribution in [0.4, 0.5) is 5.00 Å². The number of hydrogen-bond donors (Lipinski definition) is 1. The Morgan fingerprint density at radius 2 is 1.79 bits per heavy atom. The van der Waals surface area contributed by atoms with Crippen molar-refractivity contribution in [3.63, 3.8) is 0 Å². The maximum atomic E-state index is 13.2. The number of rotatable bonds is 6. The van der Waals surface area contributed by atoms with Crippen molar-refractivity contribution in [1.82, 2.24) is 9.78 Å². The molecule has 4 rings (SSSR count). The molecule has 0 fully saturated rings. The van der Waals surface area contributed by atoms with Crippen LogP contribution < -0.4 is 10.7 Å². The zero-order valence-corrected chi connectivity index (χ0v) is 20.6. The fraction of sp³-hybridized carbons (Fsp3) is 0.167. The monoisotopic (exact) mass is 515 g/mol. The van der Waals surface area contributed by atoms with E-state index < -0.39 is 17.3 Å². The van der Waals surface area contributed by atoms with E-state index >= 15 is 0 Å². The van der Waals surface area contributed by atoms with Gasteiger partial charge in [0.15, 0.2) is 5.69 Å². The van der Waals surface area contributed by atoms with Crippen LogP contribution in [0.2, 0.25) is 10.0 Å². The molecule has 0 aliphatic rings. The largest absolute Gasteiger partial charge is 0.462 e. The van der Waals surface area contributed by atoms with Gasteiger partial charge in [-0.3, -0.25) is 14.3 Å². The van der Waals surface area contributed by atoms with E-state index in [-0.39, 0.29) is 28.3 Å². The van der Waals surface area contributed by atoms with E-state index in [9.17, 15) is 14.4 Å². The van der Waals surface area contributed by atoms with Crippen molar-refractivity contribution < 1.29 is 14.3 Å². The first-order valence-corrected chi connectivity index (χ1v) is 12.0. The van der Waals surface area contributed by atoms with Crippen molar-refractivity contribution in [3.8, 4) is 11.1 Å². The molecule has 10 heteroatoms.